The van der Waals surface area contributed by atoms with Crippen LogP contribution in [0.3, 0.4) is 0 Å². The van der Waals surface area contributed by atoms with Crippen molar-refractivity contribution in [2.45, 2.75) is 44.7 Å². The third-order valence-electron chi connectivity index (χ3n) is 4.73. The SMILES string of the molecule is CC(=O)OCC1=C(C(=O)O)N2C(=O)C(NC(=O)C(=CCl)c3csc(NC(=O)OC(C)(C)C)n3)[C@H]2SC1. The van der Waals surface area contributed by atoms with E-state index in [0.29, 0.717) is 0 Å². The maximum Gasteiger partial charge on any atom is 0.413 e. The lowest BCUT2D eigenvalue weighted by Gasteiger charge is -2.49. The summed E-state index contributed by atoms with van der Waals surface area (Å²) in [5.41, 5.74) is 0.417. The van der Waals surface area contributed by atoms with Gasteiger partial charge >= 0.3 is 18.0 Å². The van der Waals surface area contributed by atoms with E-state index in [4.69, 9.17) is 21.1 Å². The van der Waals surface area contributed by atoms with Crippen LogP contribution in [0.4, 0.5) is 9.93 Å². The summed E-state index contributed by atoms with van der Waals surface area (Å²) in [7, 11) is 0. The zero-order chi connectivity index (χ0) is 26.8. The largest absolute Gasteiger partial charge is 0.477 e. The molecule has 0 saturated carbocycles. The van der Waals surface area contributed by atoms with Crippen LogP contribution in [0, 0.1) is 0 Å². The summed E-state index contributed by atoms with van der Waals surface area (Å²) in [4.78, 5) is 65.8. The van der Waals surface area contributed by atoms with Crippen molar-refractivity contribution in [3.63, 3.8) is 0 Å². The molecular weight excluding hydrogens is 536 g/mol. The molecule has 0 aromatic carbocycles. The molecule has 36 heavy (non-hydrogen) atoms. The van der Waals surface area contributed by atoms with Crippen molar-refractivity contribution >= 4 is 75.3 Å². The molecule has 0 aliphatic carbocycles. The van der Waals surface area contributed by atoms with Crippen LogP contribution in [0.2, 0.25) is 0 Å². The van der Waals surface area contributed by atoms with Gasteiger partial charge < -0.3 is 19.9 Å². The monoisotopic (exact) mass is 558 g/mol. The number of fused-ring (bicyclic) bond motifs is 1. The number of ether oxygens (including phenoxy) is 2. The predicted molar refractivity (Wildman–Crippen MR) is 132 cm³/mol. The highest BCUT2D eigenvalue weighted by atomic mass is 35.5. The molecule has 12 nitrogen and oxygen atoms in total. The van der Waals surface area contributed by atoms with E-state index in [0.717, 1.165) is 21.8 Å². The zero-order valence-electron chi connectivity index (χ0n) is 19.6. The maximum absolute atomic E-state index is 12.9. The third-order valence-corrected chi connectivity index (χ3v) is 7.04. The fraction of sp³-hybridized carbons (Fsp3) is 0.429. The number of aliphatic carboxylic acids is 1. The van der Waals surface area contributed by atoms with Gasteiger partial charge in [0.1, 0.15) is 29.3 Å². The van der Waals surface area contributed by atoms with Crippen molar-refractivity contribution in [1.82, 2.24) is 15.2 Å². The van der Waals surface area contributed by atoms with Gasteiger partial charge in [0.2, 0.25) is 0 Å². The Labute approximate surface area is 219 Å². The quantitative estimate of drug-likeness (QED) is 0.257. The normalized spacial score (nSPS) is 19.8. The molecule has 1 unspecified atom stereocenters. The zero-order valence-corrected chi connectivity index (χ0v) is 22.0. The molecule has 3 rings (SSSR count). The molecule has 0 bridgehead atoms. The first kappa shape index (κ1) is 27.5. The van der Waals surface area contributed by atoms with Crippen LogP contribution in [0.15, 0.2) is 22.2 Å². The molecule has 2 aliphatic rings. The molecule has 2 aliphatic heterocycles. The van der Waals surface area contributed by atoms with Crippen molar-refractivity contribution in [2.75, 3.05) is 17.7 Å². The average Bonchev–Trinajstić information content (AvgIpc) is 3.21. The van der Waals surface area contributed by atoms with E-state index in [2.05, 4.69) is 15.6 Å². The number of carboxylic acid groups (broad SMARTS) is 1. The molecule has 194 valence electrons. The lowest BCUT2D eigenvalue weighted by atomic mass is 10.0. The van der Waals surface area contributed by atoms with E-state index in [9.17, 15) is 29.1 Å². The minimum absolute atomic E-state index is 0.0539. The second-order valence-electron chi connectivity index (χ2n) is 8.59. The highest BCUT2D eigenvalue weighted by Crippen LogP contribution is 2.40. The number of halogens is 1. The summed E-state index contributed by atoms with van der Waals surface area (Å²) >= 11 is 8.14. The number of thiazole rings is 1. The predicted octanol–water partition coefficient (Wildman–Crippen LogP) is 2.37. The number of anilines is 1. The van der Waals surface area contributed by atoms with Crippen LogP contribution >= 0.6 is 34.7 Å². The van der Waals surface area contributed by atoms with Crippen LogP contribution in [0.25, 0.3) is 5.57 Å². The summed E-state index contributed by atoms with van der Waals surface area (Å²) in [5, 5.41) is 15.7. The van der Waals surface area contributed by atoms with Gasteiger partial charge in [0.05, 0.1) is 11.3 Å². The summed E-state index contributed by atoms with van der Waals surface area (Å²) in [6.07, 6.45) is -0.714. The number of hydrogen-bond donors (Lipinski definition) is 3. The van der Waals surface area contributed by atoms with Gasteiger partial charge in [0, 0.05) is 29.2 Å². The van der Waals surface area contributed by atoms with Crippen LogP contribution < -0.4 is 10.6 Å². The van der Waals surface area contributed by atoms with Gasteiger partial charge in [-0.15, -0.1) is 23.1 Å². The summed E-state index contributed by atoms with van der Waals surface area (Å²) in [6, 6.07) is -1.00. The molecule has 1 aromatic rings. The number of carboxylic acids is 1. The van der Waals surface area contributed by atoms with Gasteiger partial charge in [0.25, 0.3) is 11.8 Å². The number of aromatic nitrogens is 1. The number of hydrogen-bond acceptors (Lipinski definition) is 10. The molecule has 1 fully saturated rings. The number of thioether (sulfide) groups is 1. The summed E-state index contributed by atoms with van der Waals surface area (Å²) < 4.78 is 10.1. The first-order chi connectivity index (χ1) is 16.8. The number of rotatable bonds is 7. The van der Waals surface area contributed by atoms with E-state index < -0.39 is 46.9 Å². The Morgan fingerprint density at radius 3 is 2.61 bits per heavy atom. The van der Waals surface area contributed by atoms with E-state index in [1.807, 2.05) is 0 Å². The van der Waals surface area contributed by atoms with Crippen molar-refractivity contribution in [1.29, 1.82) is 0 Å². The number of carbonyl (C=O) groups is 5. The minimum atomic E-state index is -1.34. The van der Waals surface area contributed by atoms with Crippen molar-refractivity contribution < 1.29 is 38.6 Å². The van der Waals surface area contributed by atoms with Gasteiger partial charge in [-0.25, -0.2) is 14.6 Å². The molecule has 15 heteroatoms. The Morgan fingerprint density at radius 1 is 1.33 bits per heavy atom. The Morgan fingerprint density at radius 2 is 2.03 bits per heavy atom. The fourth-order valence-corrected chi connectivity index (χ4v) is 5.50. The van der Waals surface area contributed by atoms with E-state index in [-0.39, 0.29) is 40.0 Å². The van der Waals surface area contributed by atoms with Crippen molar-refractivity contribution in [3.8, 4) is 0 Å². The van der Waals surface area contributed by atoms with Crippen molar-refractivity contribution in [3.05, 3.63) is 27.9 Å². The molecule has 1 saturated heterocycles. The third kappa shape index (κ3) is 6.17. The average molecular weight is 559 g/mol. The first-order valence-electron chi connectivity index (χ1n) is 10.4. The Kier molecular flexibility index (Phi) is 8.31. The molecule has 3 amide bonds. The first-order valence-corrected chi connectivity index (χ1v) is 12.8. The number of nitrogens with one attached hydrogen (secondary N) is 2. The number of esters is 1. The second-order valence-corrected chi connectivity index (χ2v) is 10.8. The van der Waals surface area contributed by atoms with Gasteiger partial charge in [-0.05, 0) is 20.8 Å². The molecule has 2 atom stereocenters. The highest BCUT2D eigenvalue weighted by molar-refractivity contribution is 8.00. The summed E-state index contributed by atoms with van der Waals surface area (Å²) in [5.74, 6) is -3.05. The molecular formula is C21H23ClN4O8S2. The van der Waals surface area contributed by atoms with E-state index >= 15 is 0 Å². The van der Waals surface area contributed by atoms with Gasteiger partial charge in [-0.2, -0.15) is 0 Å². The molecule has 0 spiro atoms. The fourth-order valence-electron chi connectivity index (χ4n) is 3.27. The number of nitrogens with zero attached hydrogens (tertiary/aromatic N) is 2. The van der Waals surface area contributed by atoms with Crippen LogP contribution in [-0.4, -0.2) is 74.2 Å². The van der Waals surface area contributed by atoms with Gasteiger partial charge in [0.15, 0.2) is 5.13 Å². The molecule has 0 radical (unpaired) electrons. The summed E-state index contributed by atoms with van der Waals surface area (Å²) in [6.45, 7) is 6.08. The molecule has 3 N–H and O–H groups in total. The molecule has 1 aromatic heterocycles. The number of carbonyl (C=O) groups excluding carboxylic acids is 4. The van der Waals surface area contributed by atoms with E-state index in [1.165, 1.54) is 24.1 Å². The van der Waals surface area contributed by atoms with Gasteiger partial charge in [-0.1, -0.05) is 11.6 Å². The van der Waals surface area contributed by atoms with Crippen molar-refractivity contribution in [2.24, 2.45) is 0 Å². The Hall–Kier alpha value is -3.10. The number of amides is 3. The van der Waals surface area contributed by atoms with Crippen LogP contribution in [-0.2, 0) is 28.7 Å². The standard InChI is InChI=1S/C21H23ClN4O8S2/c1-9(27)33-6-10-7-35-17-13(16(29)26(17)14(10)18(30)31)24-15(28)11(5-22)12-8-36-19(23-12)25-20(32)34-21(2,3)4/h5,8,13,17H,6-7H2,1-4H3,(H,24,28)(H,30,31)(H,23,25,32)/t13?,17-/m1/s1. The van der Waals surface area contributed by atoms with Gasteiger partial charge in [-0.3, -0.25) is 24.6 Å². The Balaban J connectivity index is 1.68. The number of β-lactam (4-membered cyclic amide) rings is 1. The second kappa shape index (κ2) is 10.9. The lowest BCUT2D eigenvalue weighted by Crippen LogP contribution is -2.70. The Bertz CT molecular complexity index is 1170. The van der Waals surface area contributed by atoms with Crippen LogP contribution in [0.5, 0.6) is 0 Å². The smallest absolute Gasteiger partial charge is 0.413 e. The van der Waals surface area contributed by atoms with Crippen LogP contribution in [0.1, 0.15) is 33.4 Å². The van der Waals surface area contributed by atoms with E-state index in [1.54, 1.807) is 20.8 Å². The minimum Gasteiger partial charge on any atom is -0.477 e. The highest BCUT2D eigenvalue weighted by Gasteiger charge is 2.54. The maximum atomic E-state index is 12.9. The lowest BCUT2D eigenvalue weighted by molar-refractivity contribution is -0.150. The molecule has 3 heterocycles. The topological polar surface area (TPSA) is 164 Å².